The van der Waals surface area contributed by atoms with Gasteiger partial charge in [-0.05, 0) is 56.0 Å². The number of benzene rings is 3. The van der Waals surface area contributed by atoms with Gasteiger partial charge in [-0.2, -0.15) is 0 Å². The molecular weight excluding hydrogens is 562 g/mol. The SMILES string of the molecule is COc1ccccc1C=CC(=O)N[C@@H](Cc1ccccc1)[C@H](O)C(=O)N1CSC(C)(C)[C@H]1C(=O)NCc1ccccc1C. The quantitative estimate of drug-likeness (QED) is 0.286. The van der Waals surface area contributed by atoms with E-state index in [1.807, 2.05) is 93.6 Å². The Kier molecular flexibility index (Phi) is 10.7. The Morgan fingerprint density at radius 3 is 2.44 bits per heavy atom. The van der Waals surface area contributed by atoms with E-state index in [1.54, 1.807) is 19.3 Å². The van der Waals surface area contributed by atoms with Crippen LogP contribution in [0.3, 0.4) is 0 Å². The lowest BCUT2D eigenvalue weighted by Crippen LogP contribution is -2.58. The van der Waals surface area contributed by atoms with Crippen molar-refractivity contribution in [2.24, 2.45) is 0 Å². The molecule has 226 valence electrons. The number of para-hydroxylation sites is 1. The number of methoxy groups -OCH3 is 1. The van der Waals surface area contributed by atoms with E-state index < -0.39 is 34.7 Å². The highest BCUT2D eigenvalue weighted by molar-refractivity contribution is 8.00. The zero-order valence-corrected chi connectivity index (χ0v) is 25.8. The van der Waals surface area contributed by atoms with Gasteiger partial charge in [-0.1, -0.05) is 72.8 Å². The van der Waals surface area contributed by atoms with Crippen LogP contribution in [0.2, 0.25) is 0 Å². The highest BCUT2D eigenvalue weighted by Crippen LogP contribution is 2.40. The molecule has 1 aliphatic rings. The number of hydrogen-bond donors (Lipinski definition) is 3. The van der Waals surface area contributed by atoms with E-state index in [4.69, 9.17) is 4.74 Å². The first kappa shape index (κ1) is 31.8. The molecule has 3 amide bonds. The fraction of sp³-hybridized carbons (Fsp3) is 0.324. The molecule has 0 radical (unpaired) electrons. The molecule has 0 unspecified atom stereocenters. The second kappa shape index (κ2) is 14.4. The summed E-state index contributed by atoms with van der Waals surface area (Å²) in [5, 5.41) is 17.2. The lowest BCUT2D eigenvalue weighted by molar-refractivity contribution is -0.147. The Labute approximate surface area is 257 Å². The van der Waals surface area contributed by atoms with Crippen LogP contribution in [-0.4, -0.2) is 63.6 Å². The fourth-order valence-electron chi connectivity index (χ4n) is 5.15. The Hall–Kier alpha value is -4.08. The minimum Gasteiger partial charge on any atom is -0.496 e. The number of hydrogen-bond acceptors (Lipinski definition) is 6. The number of nitrogens with one attached hydrogen (secondary N) is 2. The van der Waals surface area contributed by atoms with Crippen LogP contribution in [0.25, 0.3) is 6.08 Å². The third-order valence-corrected chi connectivity index (χ3v) is 8.98. The Morgan fingerprint density at radius 2 is 1.72 bits per heavy atom. The fourth-order valence-corrected chi connectivity index (χ4v) is 6.29. The molecule has 1 saturated heterocycles. The monoisotopic (exact) mass is 601 g/mol. The largest absolute Gasteiger partial charge is 0.496 e. The molecule has 3 N–H and O–H groups in total. The van der Waals surface area contributed by atoms with Gasteiger partial charge in [0, 0.05) is 22.9 Å². The first-order valence-corrected chi connectivity index (χ1v) is 15.2. The van der Waals surface area contributed by atoms with E-state index in [0.29, 0.717) is 17.9 Å². The van der Waals surface area contributed by atoms with Crippen LogP contribution in [-0.2, 0) is 27.3 Å². The van der Waals surface area contributed by atoms with Gasteiger partial charge >= 0.3 is 0 Å². The van der Waals surface area contributed by atoms with Crippen LogP contribution in [0, 0.1) is 6.92 Å². The maximum atomic E-state index is 13.8. The summed E-state index contributed by atoms with van der Waals surface area (Å²) < 4.78 is 4.77. The van der Waals surface area contributed by atoms with Gasteiger partial charge in [0.05, 0.1) is 19.0 Å². The molecule has 3 aromatic carbocycles. The molecule has 0 bridgehead atoms. The average Bonchev–Trinajstić information content (AvgIpc) is 3.33. The molecule has 43 heavy (non-hydrogen) atoms. The summed E-state index contributed by atoms with van der Waals surface area (Å²) in [6.07, 6.45) is 1.61. The molecule has 0 aromatic heterocycles. The van der Waals surface area contributed by atoms with Gasteiger partial charge in [-0.25, -0.2) is 0 Å². The van der Waals surface area contributed by atoms with Crippen molar-refractivity contribution in [1.82, 2.24) is 15.5 Å². The van der Waals surface area contributed by atoms with E-state index in [9.17, 15) is 19.5 Å². The van der Waals surface area contributed by atoms with Crippen LogP contribution in [0.4, 0.5) is 0 Å². The molecule has 1 fully saturated rings. The Morgan fingerprint density at radius 1 is 1.05 bits per heavy atom. The average molecular weight is 602 g/mol. The second-order valence-electron chi connectivity index (χ2n) is 11.1. The van der Waals surface area contributed by atoms with Gasteiger partial charge in [-0.3, -0.25) is 14.4 Å². The smallest absolute Gasteiger partial charge is 0.254 e. The molecule has 3 aromatic rings. The number of aliphatic hydroxyl groups is 1. The molecule has 1 heterocycles. The molecule has 0 spiro atoms. The van der Waals surface area contributed by atoms with E-state index in [2.05, 4.69) is 10.6 Å². The van der Waals surface area contributed by atoms with Crippen LogP contribution in [0.15, 0.2) is 84.9 Å². The molecule has 8 nitrogen and oxygen atoms in total. The summed E-state index contributed by atoms with van der Waals surface area (Å²) in [6, 6.07) is 22.7. The number of thioether (sulfide) groups is 1. The maximum absolute atomic E-state index is 13.8. The predicted molar refractivity (Wildman–Crippen MR) is 170 cm³/mol. The second-order valence-corrected chi connectivity index (χ2v) is 12.7. The van der Waals surface area contributed by atoms with Gasteiger partial charge < -0.3 is 25.4 Å². The molecular formula is C34H39N3O5S. The summed E-state index contributed by atoms with van der Waals surface area (Å²) >= 11 is 1.48. The third-order valence-electron chi connectivity index (χ3n) is 7.61. The lowest BCUT2D eigenvalue weighted by atomic mass is 9.97. The number of nitrogens with zero attached hydrogens (tertiary/aromatic N) is 1. The summed E-state index contributed by atoms with van der Waals surface area (Å²) in [5.41, 5.74) is 3.61. The van der Waals surface area contributed by atoms with Crippen molar-refractivity contribution in [2.45, 2.75) is 56.7 Å². The maximum Gasteiger partial charge on any atom is 0.254 e. The zero-order chi connectivity index (χ0) is 31.0. The van der Waals surface area contributed by atoms with Crippen LogP contribution in [0.5, 0.6) is 5.75 Å². The van der Waals surface area contributed by atoms with Crippen molar-refractivity contribution >= 4 is 35.6 Å². The molecule has 0 saturated carbocycles. The number of aryl methyl sites for hydroxylation is 1. The molecule has 1 aliphatic heterocycles. The van der Waals surface area contributed by atoms with Crippen LogP contribution in [0.1, 0.15) is 36.1 Å². The topological polar surface area (TPSA) is 108 Å². The molecule has 4 rings (SSSR count). The Balaban J connectivity index is 1.52. The highest BCUT2D eigenvalue weighted by Gasteiger charge is 2.49. The molecule has 0 aliphatic carbocycles. The van der Waals surface area contributed by atoms with E-state index >= 15 is 0 Å². The van der Waals surface area contributed by atoms with Gasteiger partial charge in [0.1, 0.15) is 11.8 Å². The summed E-state index contributed by atoms with van der Waals surface area (Å²) in [6.45, 7) is 6.15. The number of rotatable bonds is 11. The lowest BCUT2D eigenvalue weighted by Gasteiger charge is -2.33. The number of carbonyl (C=O) groups excluding carboxylic acids is 3. The minimum absolute atomic E-state index is 0.219. The number of ether oxygens (including phenoxy) is 1. The first-order valence-electron chi connectivity index (χ1n) is 14.2. The highest BCUT2D eigenvalue weighted by atomic mass is 32.2. The van der Waals surface area contributed by atoms with Crippen molar-refractivity contribution in [2.75, 3.05) is 13.0 Å². The van der Waals surface area contributed by atoms with E-state index in [0.717, 1.165) is 16.7 Å². The number of aliphatic hydroxyl groups excluding tert-OH is 1. The van der Waals surface area contributed by atoms with Crippen molar-refractivity contribution in [1.29, 1.82) is 0 Å². The summed E-state index contributed by atoms with van der Waals surface area (Å²) in [5.74, 6) is -0.512. The van der Waals surface area contributed by atoms with Crippen molar-refractivity contribution in [3.63, 3.8) is 0 Å². The van der Waals surface area contributed by atoms with Gasteiger partial charge in [0.2, 0.25) is 11.8 Å². The number of amides is 3. The van der Waals surface area contributed by atoms with Crippen LogP contribution >= 0.6 is 11.8 Å². The van der Waals surface area contributed by atoms with Gasteiger partial charge in [-0.15, -0.1) is 11.8 Å². The van der Waals surface area contributed by atoms with Crippen LogP contribution < -0.4 is 15.4 Å². The van der Waals surface area contributed by atoms with E-state index in [1.165, 1.54) is 22.7 Å². The molecule has 3 atom stereocenters. The first-order chi connectivity index (χ1) is 20.6. The van der Waals surface area contributed by atoms with Crippen molar-refractivity contribution < 1.29 is 24.2 Å². The van der Waals surface area contributed by atoms with Gasteiger partial charge in [0.25, 0.3) is 5.91 Å². The summed E-state index contributed by atoms with van der Waals surface area (Å²) in [4.78, 5) is 41.8. The van der Waals surface area contributed by atoms with E-state index in [-0.39, 0.29) is 18.2 Å². The van der Waals surface area contributed by atoms with Crippen molar-refractivity contribution in [3.05, 3.63) is 107 Å². The Bertz CT molecular complexity index is 1460. The standard InChI is InChI=1S/C34H39N3O5S/c1-23-12-8-9-16-26(23)21-35-32(40)31-34(2,3)43-22-37(31)33(41)30(39)27(20-24-13-6-5-7-14-24)36-29(38)19-18-25-15-10-11-17-28(25)42-4/h5-19,27,30-31,39H,20-22H2,1-4H3,(H,35,40)(H,36,38)/t27-,30-,31+/m0/s1. The van der Waals surface area contributed by atoms with Crippen molar-refractivity contribution in [3.8, 4) is 5.75 Å². The van der Waals surface area contributed by atoms with Gasteiger partial charge in [0.15, 0.2) is 6.10 Å². The summed E-state index contributed by atoms with van der Waals surface area (Å²) in [7, 11) is 1.55. The normalized spacial score (nSPS) is 17.3. The molecule has 9 heteroatoms. The minimum atomic E-state index is -1.58. The predicted octanol–water partition coefficient (Wildman–Crippen LogP) is 4.10. The zero-order valence-electron chi connectivity index (χ0n) is 24.9. The third kappa shape index (κ3) is 8.06. The number of carbonyl (C=O) groups is 3.